The molecule has 0 N–H and O–H groups in total. The van der Waals surface area contributed by atoms with Gasteiger partial charge < -0.3 is 19.6 Å². The normalized spacial score (nSPS) is 12.7. The molecule has 2 spiro atoms. The van der Waals surface area contributed by atoms with Gasteiger partial charge in [0.15, 0.2) is 0 Å². The summed E-state index contributed by atoms with van der Waals surface area (Å²) in [6, 6.07) is 204. The lowest BCUT2D eigenvalue weighted by atomic mass is 9.64. The molecule has 138 heavy (non-hydrogen) atoms. The summed E-state index contributed by atoms with van der Waals surface area (Å²) in [6.07, 6.45) is 0. The number of rotatable bonds is 16. The Hall–Kier alpha value is -18.0. The first-order valence-electron chi connectivity index (χ1n) is 47.7. The van der Waals surface area contributed by atoms with E-state index in [2.05, 4.69) is 578 Å². The van der Waals surface area contributed by atoms with Crippen molar-refractivity contribution in [3.8, 4) is 111 Å². The molecule has 0 aromatic heterocycles. The van der Waals surface area contributed by atoms with Crippen LogP contribution in [0.4, 0.5) is 68.2 Å². The van der Waals surface area contributed by atoms with Gasteiger partial charge in [-0.1, -0.05) is 449 Å². The van der Waals surface area contributed by atoms with Gasteiger partial charge in [-0.3, -0.25) is 0 Å². The summed E-state index contributed by atoms with van der Waals surface area (Å²) in [5, 5.41) is 0. The molecule has 0 fully saturated rings. The highest BCUT2D eigenvalue weighted by Crippen LogP contribution is 2.68. The second-order valence-corrected chi connectivity index (χ2v) is 36.0. The fraction of sp³-hybridized carbons (Fsp3) is 0.0149. The molecule has 2 aliphatic heterocycles. The van der Waals surface area contributed by atoms with Crippen LogP contribution in [-0.2, 0) is 10.8 Å². The summed E-state index contributed by atoms with van der Waals surface area (Å²) in [4.78, 5) is 9.87. The van der Waals surface area contributed by atoms with Crippen molar-refractivity contribution >= 4 is 68.2 Å². The van der Waals surface area contributed by atoms with E-state index in [0.717, 1.165) is 45.5 Å². The number of fused-ring (bicyclic) bond motifs is 18. The molecular formula is C134H92N4. The molecule has 0 saturated heterocycles. The van der Waals surface area contributed by atoms with Crippen LogP contribution in [0.1, 0.15) is 44.5 Å². The van der Waals surface area contributed by atoms with Gasteiger partial charge in [0, 0.05) is 45.1 Å². The van der Waals surface area contributed by atoms with Gasteiger partial charge in [0.2, 0.25) is 0 Å². The van der Waals surface area contributed by atoms with Crippen LogP contribution in [0.15, 0.2) is 558 Å². The van der Waals surface area contributed by atoms with Gasteiger partial charge in [-0.25, -0.2) is 0 Å². The van der Waals surface area contributed by atoms with Gasteiger partial charge in [-0.15, -0.1) is 0 Å². The van der Waals surface area contributed by atoms with Crippen molar-refractivity contribution in [2.45, 2.75) is 10.8 Å². The first kappa shape index (κ1) is 82.0. The zero-order valence-electron chi connectivity index (χ0n) is 75.9. The van der Waals surface area contributed by atoms with E-state index in [-0.39, 0.29) is 0 Å². The van der Waals surface area contributed by atoms with E-state index >= 15 is 0 Å². The maximum Gasteiger partial charge on any atom is 0.0755 e. The highest BCUT2D eigenvalue weighted by molar-refractivity contribution is 6.05. The molecule has 648 valence electrons. The molecule has 2 aliphatic carbocycles. The van der Waals surface area contributed by atoms with E-state index in [4.69, 9.17) is 0 Å². The smallest absolute Gasteiger partial charge is 0.0755 e. The Morgan fingerprint density at radius 1 is 0.138 bits per heavy atom. The first-order chi connectivity index (χ1) is 68.5. The number of anilines is 12. The Kier molecular flexibility index (Phi) is 20.7. The van der Waals surface area contributed by atoms with E-state index in [9.17, 15) is 0 Å². The molecule has 4 aliphatic rings. The Labute approximate surface area is 806 Å². The highest BCUT2D eigenvalue weighted by atomic mass is 15.2. The predicted molar refractivity (Wildman–Crippen MR) is 577 cm³/mol. The van der Waals surface area contributed by atoms with Crippen LogP contribution in [0.25, 0.3) is 111 Å². The Bertz CT molecular complexity index is 8190. The second kappa shape index (κ2) is 34.9. The number of nitrogens with zero attached hydrogens (tertiary/aromatic N) is 4. The van der Waals surface area contributed by atoms with Crippen molar-refractivity contribution in [1.82, 2.24) is 0 Å². The van der Waals surface area contributed by atoms with Crippen molar-refractivity contribution in [1.29, 1.82) is 0 Å². The van der Waals surface area contributed by atoms with Crippen molar-refractivity contribution in [3.05, 3.63) is 603 Å². The minimum Gasteiger partial charge on any atom is -0.310 e. The van der Waals surface area contributed by atoms with E-state index in [0.29, 0.717) is 0 Å². The van der Waals surface area contributed by atoms with E-state index in [1.165, 1.54) is 179 Å². The van der Waals surface area contributed by atoms with Crippen LogP contribution in [0.5, 0.6) is 0 Å². The van der Waals surface area contributed by atoms with E-state index in [1.54, 1.807) is 0 Å². The van der Waals surface area contributed by atoms with Gasteiger partial charge in [0.1, 0.15) is 0 Å². The predicted octanol–water partition coefficient (Wildman–Crippen LogP) is 35.9. The van der Waals surface area contributed by atoms with Crippen LogP contribution in [0.2, 0.25) is 0 Å². The van der Waals surface area contributed by atoms with Crippen LogP contribution in [0.3, 0.4) is 0 Å². The van der Waals surface area contributed by atoms with Crippen LogP contribution in [-0.4, -0.2) is 0 Å². The molecular weight excluding hydrogens is 1670 g/mol. The first-order valence-corrected chi connectivity index (χ1v) is 47.7. The molecule has 0 unspecified atom stereocenters. The maximum atomic E-state index is 2.50. The lowest BCUT2D eigenvalue weighted by molar-refractivity contribution is 0.752. The number of hydrogen-bond donors (Lipinski definition) is 0. The summed E-state index contributed by atoms with van der Waals surface area (Å²) in [5.74, 6) is 0. The molecule has 22 aromatic rings. The number of hydrogen-bond acceptors (Lipinski definition) is 4. The van der Waals surface area contributed by atoms with Crippen LogP contribution in [0, 0.1) is 0 Å². The third kappa shape index (κ3) is 13.8. The van der Waals surface area contributed by atoms with Gasteiger partial charge in [0.05, 0.1) is 50.6 Å². The Morgan fingerprint density at radius 2 is 0.384 bits per heavy atom. The maximum absolute atomic E-state index is 2.50. The summed E-state index contributed by atoms with van der Waals surface area (Å²) in [5.41, 5.74) is 46.8. The van der Waals surface area contributed by atoms with Gasteiger partial charge in [0.25, 0.3) is 0 Å². The zero-order valence-corrected chi connectivity index (χ0v) is 75.9. The minimum absolute atomic E-state index is 0.574. The fourth-order valence-electron chi connectivity index (χ4n) is 22.6. The van der Waals surface area contributed by atoms with Crippen LogP contribution >= 0.6 is 0 Å². The second-order valence-electron chi connectivity index (χ2n) is 36.0. The largest absolute Gasteiger partial charge is 0.310 e. The molecule has 0 radical (unpaired) electrons. The highest BCUT2D eigenvalue weighted by Gasteiger charge is 2.55. The molecule has 22 aromatic carbocycles. The fourth-order valence-corrected chi connectivity index (χ4v) is 22.6. The lowest BCUT2D eigenvalue weighted by Crippen LogP contribution is -2.36. The quantitative estimate of drug-likeness (QED) is 0.0956. The number of benzene rings is 22. The molecule has 0 atom stereocenters. The lowest BCUT2D eigenvalue weighted by Gasteiger charge is -2.45. The van der Waals surface area contributed by atoms with Crippen molar-refractivity contribution in [2.75, 3.05) is 19.6 Å². The molecule has 26 rings (SSSR count). The monoisotopic (exact) mass is 1760 g/mol. The van der Waals surface area contributed by atoms with E-state index in [1.807, 2.05) is 0 Å². The minimum atomic E-state index is -0.579. The molecule has 0 amide bonds. The van der Waals surface area contributed by atoms with Crippen molar-refractivity contribution in [3.63, 3.8) is 0 Å². The molecule has 4 heteroatoms. The van der Waals surface area contributed by atoms with Crippen molar-refractivity contribution in [2.24, 2.45) is 0 Å². The standard InChI is InChI=1S/2C67H46N2/c1-4-20-47(21-5-1)52-24-18-25-53(46-52)50-40-38-48(39-41-50)49-42-44-55(45-43-49)68(62-34-15-11-28-56(62)51-22-6-2-7-23-51)65-37-19-33-61-66(65)57-29-10-12-30-58(57)67(61)59-31-13-16-35-63(59)69(54-26-8-3-9-27-54)64-36-17-14-32-60(64)67;1-4-20-47(21-5-1)52-24-18-27-55(46-52)68(54-44-42-49(43-45-54)48-38-40-51(41-39-48)57-29-11-10-28-56(57)50-22-6-2-7-23-50)65-37-19-34-62-66(65)58-30-12-13-31-59(58)67(62)60-32-14-16-35-63(60)69(53-25-8-3-9-26-53)64-36-17-15-33-61(64)67/h2*1-46H. The van der Waals surface area contributed by atoms with E-state index < -0.39 is 10.8 Å². The summed E-state index contributed by atoms with van der Waals surface area (Å²) in [6.45, 7) is 0. The van der Waals surface area contributed by atoms with Gasteiger partial charge in [-0.2, -0.15) is 0 Å². The van der Waals surface area contributed by atoms with Crippen molar-refractivity contribution < 1.29 is 0 Å². The topological polar surface area (TPSA) is 13.0 Å². The third-order valence-electron chi connectivity index (χ3n) is 28.6. The summed E-state index contributed by atoms with van der Waals surface area (Å²) >= 11 is 0. The summed E-state index contributed by atoms with van der Waals surface area (Å²) < 4.78 is 0. The average molecular weight is 1760 g/mol. The molecule has 0 saturated carbocycles. The Balaban J connectivity index is 0.000000146. The van der Waals surface area contributed by atoms with Gasteiger partial charge in [-0.05, 0) is 248 Å². The molecule has 0 bridgehead atoms. The SMILES string of the molecule is c1ccc(-c2cccc(-c3ccc(-c4ccc(N(c5ccccc5-c5ccccc5)c5cccc6c5-c5ccccc5C65c6ccccc6N(c6ccccc6)c6ccccc65)cc4)cc3)c2)cc1.c1ccc(-c2cccc(N(c3ccc(-c4ccc(-c5ccccc5-c5ccccc5)cc4)cc3)c3cccc4c3-c3ccccc3C43c4ccccc4N(c4ccccc4)c4ccccc43)c2)cc1. The summed E-state index contributed by atoms with van der Waals surface area (Å²) in [7, 11) is 0. The average Bonchev–Trinajstić information content (AvgIpc) is 1.51. The van der Waals surface area contributed by atoms with Crippen LogP contribution < -0.4 is 19.6 Å². The molecule has 2 heterocycles. The molecule has 4 nitrogen and oxygen atoms in total. The number of para-hydroxylation sites is 7. The third-order valence-corrected chi connectivity index (χ3v) is 28.6. The van der Waals surface area contributed by atoms with Gasteiger partial charge >= 0.3 is 0 Å². The Morgan fingerprint density at radius 3 is 0.797 bits per heavy atom. The zero-order chi connectivity index (χ0) is 91.5.